The van der Waals surface area contributed by atoms with Gasteiger partial charge in [0.05, 0.1) is 22.4 Å². The van der Waals surface area contributed by atoms with E-state index in [0.717, 1.165) is 40.9 Å². The van der Waals surface area contributed by atoms with Crippen LogP contribution in [0.4, 0.5) is 10.2 Å². The molecule has 3 aromatic rings. The topological polar surface area (TPSA) is 58.4 Å². The maximum Gasteiger partial charge on any atom is 0.242 e. The van der Waals surface area contributed by atoms with Crippen LogP contribution in [0.5, 0.6) is 0 Å². The molecule has 1 fully saturated rings. The maximum absolute atomic E-state index is 15.3. The van der Waals surface area contributed by atoms with Crippen LogP contribution in [0, 0.1) is 25.6 Å². The summed E-state index contributed by atoms with van der Waals surface area (Å²) in [5, 5.41) is 4.69. The molecule has 8 heteroatoms. The molecular formula is C32H39FN4O2S. The molecule has 0 spiro atoms. The van der Waals surface area contributed by atoms with Crippen molar-refractivity contribution in [3.8, 4) is 5.69 Å². The van der Waals surface area contributed by atoms with E-state index in [-0.39, 0.29) is 29.9 Å². The van der Waals surface area contributed by atoms with Crippen molar-refractivity contribution < 1.29 is 14.0 Å². The van der Waals surface area contributed by atoms with Crippen LogP contribution in [-0.2, 0) is 15.0 Å². The summed E-state index contributed by atoms with van der Waals surface area (Å²) in [4.78, 5) is 31.0. The Balaban J connectivity index is 1.74. The van der Waals surface area contributed by atoms with E-state index in [2.05, 4.69) is 33.8 Å². The van der Waals surface area contributed by atoms with Gasteiger partial charge in [0.2, 0.25) is 11.8 Å². The highest BCUT2D eigenvalue weighted by atomic mass is 32.2. The van der Waals surface area contributed by atoms with Gasteiger partial charge in [-0.15, -0.1) is 11.8 Å². The van der Waals surface area contributed by atoms with E-state index < -0.39 is 10.7 Å². The van der Waals surface area contributed by atoms with Crippen LogP contribution in [0.3, 0.4) is 0 Å². The smallest absolute Gasteiger partial charge is 0.242 e. The molecule has 1 aromatic heterocycles. The summed E-state index contributed by atoms with van der Waals surface area (Å²) in [6.45, 7) is 13.9. The number of halogens is 1. The second-order valence-corrected chi connectivity index (χ2v) is 13.4. The number of hydrogen-bond donors (Lipinski definition) is 0. The number of piperidine rings is 1. The molecule has 6 nitrogen and oxygen atoms in total. The van der Waals surface area contributed by atoms with Gasteiger partial charge in [0.15, 0.2) is 0 Å². The highest BCUT2D eigenvalue weighted by Gasteiger charge is 2.41. The third kappa shape index (κ3) is 5.42. The summed E-state index contributed by atoms with van der Waals surface area (Å²) in [6, 6.07) is 12.9. The van der Waals surface area contributed by atoms with Gasteiger partial charge in [-0.1, -0.05) is 63.6 Å². The molecule has 5 rings (SSSR count). The van der Waals surface area contributed by atoms with E-state index in [9.17, 15) is 9.59 Å². The summed E-state index contributed by atoms with van der Waals surface area (Å²) in [6.07, 6.45) is 1.93. The third-order valence-electron chi connectivity index (χ3n) is 8.00. The van der Waals surface area contributed by atoms with Crippen molar-refractivity contribution in [1.29, 1.82) is 0 Å². The first-order valence-corrected chi connectivity index (χ1v) is 15.2. The number of fused-ring (bicyclic) bond motifs is 1. The summed E-state index contributed by atoms with van der Waals surface area (Å²) < 4.78 is 17.2. The fourth-order valence-corrected chi connectivity index (χ4v) is 6.93. The van der Waals surface area contributed by atoms with E-state index in [1.807, 2.05) is 41.6 Å². The van der Waals surface area contributed by atoms with Crippen molar-refractivity contribution >= 4 is 29.4 Å². The minimum Gasteiger partial charge on any atom is -0.341 e. The maximum atomic E-state index is 15.3. The van der Waals surface area contributed by atoms with Crippen LogP contribution in [0.15, 0.2) is 42.5 Å². The number of aryl methyl sites for hydroxylation is 2. The lowest BCUT2D eigenvalue weighted by atomic mass is 9.87. The quantitative estimate of drug-likeness (QED) is 0.372. The van der Waals surface area contributed by atoms with Crippen LogP contribution in [-0.4, -0.2) is 51.9 Å². The van der Waals surface area contributed by atoms with Gasteiger partial charge in [0.1, 0.15) is 18.2 Å². The number of anilines is 1. The van der Waals surface area contributed by atoms with E-state index in [0.29, 0.717) is 30.4 Å². The number of carbonyl (C=O) groups is 2. The number of rotatable bonds is 4. The van der Waals surface area contributed by atoms with Gasteiger partial charge in [-0.05, 0) is 50.3 Å². The molecule has 0 N–H and O–H groups in total. The molecule has 2 aliphatic heterocycles. The molecule has 2 amide bonds. The minimum atomic E-state index is -0.454. The number of benzene rings is 2. The summed E-state index contributed by atoms with van der Waals surface area (Å²) in [5.41, 5.74) is 4.69. The highest BCUT2D eigenvalue weighted by Crippen LogP contribution is 2.49. The van der Waals surface area contributed by atoms with Crippen molar-refractivity contribution in [2.24, 2.45) is 5.92 Å². The Morgan fingerprint density at radius 3 is 2.45 bits per heavy atom. The normalized spacial score (nSPS) is 18.6. The highest BCUT2D eigenvalue weighted by molar-refractivity contribution is 8.00. The average Bonchev–Trinajstić information content (AvgIpc) is 3.23. The van der Waals surface area contributed by atoms with Gasteiger partial charge < -0.3 is 4.90 Å². The Labute approximate surface area is 240 Å². The number of nitrogens with zero attached hydrogens (tertiary/aromatic N) is 4. The number of aromatic nitrogens is 2. The summed E-state index contributed by atoms with van der Waals surface area (Å²) in [5.74, 6) is 0.743. The Morgan fingerprint density at radius 2 is 1.80 bits per heavy atom. The summed E-state index contributed by atoms with van der Waals surface area (Å²) >= 11 is 1.40. The van der Waals surface area contributed by atoms with Gasteiger partial charge in [-0.25, -0.2) is 9.07 Å². The lowest BCUT2D eigenvalue weighted by Gasteiger charge is -2.32. The number of likely N-dealkylation sites (tertiary alicyclic amines) is 1. The fourth-order valence-electron chi connectivity index (χ4n) is 5.71. The van der Waals surface area contributed by atoms with Crippen molar-refractivity contribution in [3.63, 3.8) is 0 Å². The predicted octanol–water partition coefficient (Wildman–Crippen LogP) is 6.35. The minimum absolute atomic E-state index is 0.0637. The Hall–Kier alpha value is -3.13. The molecule has 1 saturated heterocycles. The first kappa shape index (κ1) is 28.4. The van der Waals surface area contributed by atoms with E-state index in [4.69, 9.17) is 5.10 Å². The van der Waals surface area contributed by atoms with Gasteiger partial charge in [-0.2, -0.15) is 5.10 Å². The van der Waals surface area contributed by atoms with Crippen molar-refractivity contribution in [2.75, 3.05) is 30.3 Å². The first-order valence-electron chi connectivity index (χ1n) is 14.1. The molecule has 0 saturated carbocycles. The number of amides is 2. The van der Waals surface area contributed by atoms with E-state index >= 15 is 4.39 Å². The van der Waals surface area contributed by atoms with Crippen molar-refractivity contribution in [2.45, 2.75) is 65.0 Å². The first-order chi connectivity index (χ1) is 19.0. The molecular weight excluding hydrogens is 523 g/mol. The van der Waals surface area contributed by atoms with Crippen LogP contribution in [0.1, 0.15) is 73.7 Å². The lowest BCUT2D eigenvalue weighted by molar-refractivity contribution is -0.132. The monoisotopic (exact) mass is 562 g/mol. The number of thioether (sulfide) groups is 1. The lowest BCUT2D eigenvalue weighted by Crippen LogP contribution is -2.46. The van der Waals surface area contributed by atoms with Gasteiger partial charge in [-0.3, -0.25) is 14.5 Å². The third-order valence-corrected chi connectivity index (χ3v) is 9.23. The average molecular weight is 563 g/mol. The molecule has 40 heavy (non-hydrogen) atoms. The second-order valence-electron chi connectivity index (χ2n) is 12.3. The second kappa shape index (κ2) is 11.0. The number of carbonyl (C=O) groups excluding carboxylic acids is 2. The zero-order valence-corrected chi connectivity index (χ0v) is 25.1. The molecule has 2 aliphatic rings. The summed E-state index contributed by atoms with van der Waals surface area (Å²) in [7, 11) is 0. The van der Waals surface area contributed by atoms with Crippen molar-refractivity contribution in [1.82, 2.24) is 14.7 Å². The predicted molar refractivity (Wildman–Crippen MR) is 160 cm³/mol. The van der Waals surface area contributed by atoms with Crippen LogP contribution < -0.4 is 4.90 Å². The van der Waals surface area contributed by atoms with Crippen LogP contribution in [0.2, 0.25) is 0 Å². The molecule has 3 heterocycles. The molecule has 0 radical (unpaired) electrons. The zero-order chi connectivity index (χ0) is 28.8. The van der Waals surface area contributed by atoms with Crippen LogP contribution >= 0.6 is 11.8 Å². The Bertz CT molecular complexity index is 1440. The van der Waals surface area contributed by atoms with Gasteiger partial charge >= 0.3 is 0 Å². The van der Waals surface area contributed by atoms with E-state index in [1.54, 1.807) is 17.0 Å². The van der Waals surface area contributed by atoms with E-state index in [1.165, 1.54) is 17.8 Å². The molecule has 2 aromatic carbocycles. The molecule has 1 unspecified atom stereocenters. The zero-order valence-electron chi connectivity index (χ0n) is 24.3. The fraction of sp³-hybridized carbons (Fsp3) is 0.469. The molecule has 0 aliphatic carbocycles. The Morgan fingerprint density at radius 1 is 1.10 bits per heavy atom. The SMILES string of the molecule is Cc1ccc(-n2nc(C(C)(C)C)c3c2N(CC(=O)N2CCC(C)CC2)C(=O)CSC3c2ccccc2F)c(C)c1. The van der Waals surface area contributed by atoms with Crippen molar-refractivity contribution in [3.05, 3.63) is 76.2 Å². The van der Waals surface area contributed by atoms with Gasteiger partial charge in [0.25, 0.3) is 0 Å². The Kier molecular flexibility index (Phi) is 7.83. The molecule has 1 atom stereocenters. The largest absolute Gasteiger partial charge is 0.341 e. The van der Waals surface area contributed by atoms with Gasteiger partial charge in [0, 0.05) is 29.6 Å². The van der Waals surface area contributed by atoms with Crippen LogP contribution in [0.25, 0.3) is 5.69 Å². The molecule has 212 valence electrons. The number of hydrogen-bond acceptors (Lipinski definition) is 4. The standard InChI is InChI=1S/C32H39FN4O2S/c1-20-13-15-35(16-14-20)26(38)18-36-27(39)19-40-29(23-9-7-8-10-24(23)33)28-30(32(4,5)6)34-37(31(28)36)25-12-11-21(2)17-22(25)3/h7-12,17,20,29H,13-16,18-19H2,1-6H3. The molecule has 0 bridgehead atoms.